The molecule has 0 amide bonds. The number of benzene rings is 1. The number of nitrogens with one attached hydrogen (secondary N) is 1. The zero-order chi connectivity index (χ0) is 15.7. The van der Waals surface area contributed by atoms with Crippen LogP contribution in [0.1, 0.15) is 6.42 Å². The van der Waals surface area contributed by atoms with Gasteiger partial charge in [0.25, 0.3) is 0 Å². The Kier molecular flexibility index (Phi) is 4.86. The molecule has 1 saturated heterocycles. The zero-order valence-electron chi connectivity index (χ0n) is 11.6. The van der Waals surface area contributed by atoms with Crippen LogP contribution < -0.4 is 10.5 Å². The predicted octanol–water partition coefficient (Wildman–Crippen LogP) is 0.704. The average molecular weight is 350 g/mol. The number of thioether (sulfide) groups is 1. The Hall–Kier alpha value is -0.770. The Balaban J connectivity index is 2.26. The highest BCUT2D eigenvalue weighted by atomic mass is 32.2. The van der Waals surface area contributed by atoms with Crippen molar-refractivity contribution in [2.24, 2.45) is 5.92 Å². The number of anilines is 1. The molecule has 3 N–H and O–H groups in total. The lowest BCUT2D eigenvalue weighted by molar-refractivity contribution is 0.546. The first kappa shape index (κ1) is 16.6. The van der Waals surface area contributed by atoms with Crippen molar-refractivity contribution in [1.29, 1.82) is 0 Å². The van der Waals surface area contributed by atoms with Crippen molar-refractivity contribution in [1.82, 2.24) is 4.72 Å². The smallest absolute Gasteiger partial charge is 0.242 e. The number of sulfonamides is 1. The monoisotopic (exact) mass is 350 g/mol. The Morgan fingerprint density at radius 3 is 2.62 bits per heavy atom. The molecule has 0 spiro atoms. The Morgan fingerprint density at radius 1 is 1.33 bits per heavy atom. The molecule has 118 valence electrons. The fraction of sp³-hybridized carbons (Fsp3) is 0.500. The Bertz CT molecular complexity index is 723. The van der Waals surface area contributed by atoms with Crippen LogP contribution in [0.25, 0.3) is 0 Å². The number of nitrogens with two attached hydrogens (primary N) is 1. The van der Waals surface area contributed by atoms with Gasteiger partial charge in [-0.3, -0.25) is 0 Å². The second-order valence-electron chi connectivity index (χ2n) is 5.05. The van der Waals surface area contributed by atoms with Crippen molar-refractivity contribution in [3.05, 3.63) is 18.2 Å². The van der Waals surface area contributed by atoms with Crippen LogP contribution in [0.3, 0.4) is 0 Å². The third kappa shape index (κ3) is 4.12. The number of sulfone groups is 1. The molecule has 1 aromatic carbocycles. The highest BCUT2D eigenvalue weighted by Gasteiger charge is 2.23. The minimum atomic E-state index is -3.81. The van der Waals surface area contributed by atoms with E-state index >= 15 is 0 Å². The average Bonchev–Trinajstić information content (AvgIpc) is 2.88. The van der Waals surface area contributed by atoms with E-state index in [9.17, 15) is 16.8 Å². The second kappa shape index (κ2) is 6.15. The lowest BCUT2D eigenvalue weighted by atomic mass is 10.1. The quantitative estimate of drug-likeness (QED) is 0.757. The summed E-state index contributed by atoms with van der Waals surface area (Å²) in [4.78, 5) is -0.246. The molecular formula is C12H18N2O4S3. The minimum absolute atomic E-state index is 0.0377. The Morgan fingerprint density at radius 2 is 2.05 bits per heavy atom. The Labute approximate surface area is 129 Å². The maximum absolute atomic E-state index is 12.3. The highest BCUT2D eigenvalue weighted by Crippen LogP contribution is 2.25. The second-order valence-corrected chi connectivity index (χ2v) is 9.95. The van der Waals surface area contributed by atoms with Gasteiger partial charge in [0, 0.05) is 12.8 Å². The molecule has 0 aliphatic carbocycles. The van der Waals surface area contributed by atoms with Gasteiger partial charge < -0.3 is 5.73 Å². The summed E-state index contributed by atoms with van der Waals surface area (Å²) in [5.74, 6) is 2.28. The summed E-state index contributed by atoms with van der Waals surface area (Å²) < 4.78 is 50.2. The minimum Gasteiger partial charge on any atom is -0.398 e. The molecule has 0 saturated carbocycles. The highest BCUT2D eigenvalue weighted by molar-refractivity contribution is 7.99. The predicted molar refractivity (Wildman–Crippen MR) is 84.6 cm³/mol. The van der Waals surface area contributed by atoms with Crippen LogP contribution >= 0.6 is 11.8 Å². The van der Waals surface area contributed by atoms with Gasteiger partial charge in [-0.1, -0.05) is 0 Å². The van der Waals surface area contributed by atoms with Gasteiger partial charge in [-0.15, -0.1) is 0 Å². The summed E-state index contributed by atoms with van der Waals surface area (Å²) in [5, 5.41) is 0. The summed E-state index contributed by atoms with van der Waals surface area (Å²) >= 11 is 1.80. The van der Waals surface area contributed by atoms with Gasteiger partial charge in [0.15, 0.2) is 9.84 Å². The summed E-state index contributed by atoms with van der Waals surface area (Å²) in [6.45, 7) is 0.345. The standard InChI is InChI=1S/C12H18N2O4S3/c1-20(15,16)10-2-3-11(13)12(6-10)21(17,18)14-7-9-4-5-19-8-9/h2-3,6,9,14H,4-5,7-8,13H2,1H3. The molecule has 2 rings (SSSR count). The maximum Gasteiger partial charge on any atom is 0.242 e. The van der Waals surface area contributed by atoms with E-state index in [2.05, 4.69) is 4.72 Å². The van der Waals surface area contributed by atoms with Gasteiger partial charge in [-0.25, -0.2) is 21.6 Å². The van der Waals surface area contributed by atoms with E-state index in [4.69, 9.17) is 5.73 Å². The molecule has 1 aliphatic heterocycles. The van der Waals surface area contributed by atoms with E-state index in [1.54, 1.807) is 11.8 Å². The van der Waals surface area contributed by atoms with Crippen molar-refractivity contribution in [3.8, 4) is 0 Å². The lowest BCUT2D eigenvalue weighted by Crippen LogP contribution is -2.30. The molecule has 1 fully saturated rings. The number of hydrogen-bond acceptors (Lipinski definition) is 6. The molecule has 9 heteroatoms. The normalized spacial score (nSPS) is 19.8. The van der Waals surface area contributed by atoms with Crippen LogP contribution in [0, 0.1) is 5.92 Å². The number of rotatable bonds is 5. The topological polar surface area (TPSA) is 106 Å². The lowest BCUT2D eigenvalue weighted by Gasteiger charge is -2.13. The molecule has 0 bridgehead atoms. The van der Waals surface area contributed by atoms with Crippen molar-refractivity contribution in [2.75, 3.05) is 30.0 Å². The van der Waals surface area contributed by atoms with Crippen molar-refractivity contribution in [2.45, 2.75) is 16.2 Å². The summed E-state index contributed by atoms with van der Waals surface area (Å²) in [6.07, 6.45) is 2.00. The first-order valence-corrected chi connectivity index (χ1v) is 10.9. The SMILES string of the molecule is CS(=O)(=O)c1ccc(N)c(S(=O)(=O)NCC2CCSC2)c1. The molecule has 21 heavy (non-hydrogen) atoms. The third-order valence-electron chi connectivity index (χ3n) is 3.29. The van der Waals surface area contributed by atoms with Gasteiger partial charge in [-0.05, 0) is 42.0 Å². The molecule has 1 heterocycles. The van der Waals surface area contributed by atoms with E-state index in [0.29, 0.717) is 12.5 Å². The molecule has 0 radical (unpaired) electrons. The first-order valence-electron chi connectivity index (χ1n) is 6.37. The molecule has 1 unspecified atom stereocenters. The summed E-state index contributed by atoms with van der Waals surface area (Å²) in [6, 6.07) is 3.71. The summed E-state index contributed by atoms with van der Waals surface area (Å²) in [5.41, 5.74) is 5.72. The first-order chi connectivity index (χ1) is 9.70. The molecule has 0 aromatic heterocycles. The van der Waals surface area contributed by atoms with Gasteiger partial charge in [-0.2, -0.15) is 11.8 Å². The fourth-order valence-corrected chi connectivity index (χ4v) is 5.31. The van der Waals surface area contributed by atoms with E-state index in [0.717, 1.165) is 30.2 Å². The van der Waals surface area contributed by atoms with E-state index < -0.39 is 19.9 Å². The number of nitrogen functional groups attached to an aromatic ring is 1. The van der Waals surface area contributed by atoms with Gasteiger partial charge >= 0.3 is 0 Å². The van der Waals surface area contributed by atoms with Gasteiger partial charge in [0.1, 0.15) is 4.90 Å². The van der Waals surface area contributed by atoms with Crippen LogP contribution in [-0.4, -0.2) is 41.1 Å². The molecule has 1 atom stereocenters. The molecule has 1 aliphatic rings. The van der Waals surface area contributed by atoms with Crippen LogP contribution in [0.5, 0.6) is 0 Å². The maximum atomic E-state index is 12.3. The zero-order valence-corrected chi connectivity index (χ0v) is 14.0. The molecular weight excluding hydrogens is 332 g/mol. The van der Waals surface area contributed by atoms with E-state index in [1.807, 2.05) is 0 Å². The van der Waals surface area contributed by atoms with Gasteiger partial charge in [0.05, 0.1) is 10.6 Å². The van der Waals surface area contributed by atoms with E-state index in [-0.39, 0.29) is 15.5 Å². The van der Waals surface area contributed by atoms with Crippen LogP contribution in [0.4, 0.5) is 5.69 Å². The van der Waals surface area contributed by atoms with Crippen molar-refractivity contribution in [3.63, 3.8) is 0 Å². The van der Waals surface area contributed by atoms with E-state index in [1.165, 1.54) is 12.1 Å². The number of hydrogen-bond donors (Lipinski definition) is 2. The summed E-state index contributed by atoms with van der Waals surface area (Å²) in [7, 11) is -7.29. The van der Waals surface area contributed by atoms with Crippen molar-refractivity contribution < 1.29 is 16.8 Å². The van der Waals surface area contributed by atoms with Crippen molar-refractivity contribution >= 4 is 37.3 Å². The molecule has 1 aromatic rings. The fourth-order valence-electron chi connectivity index (χ4n) is 2.03. The van der Waals surface area contributed by atoms with Crippen LogP contribution in [-0.2, 0) is 19.9 Å². The third-order valence-corrected chi connectivity index (χ3v) is 7.11. The largest absolute Gasteiger partial charge is 0.398 e. The van der Waals surface area contributed by atoms with Gasteiger partial charge in [0.2, 0.25) is 10.0 Å². The van der Waals surface area contributed by atoms with Crippen LogP contribution in [0.15, 0.2) is 28.0 Å². The van der Waals surface area contributed by atoms with Crippen LogP contribution in [0.2, 0.25) is 0 Å². The molecule has 6 nitrogen and oxygen atoms in total.